The Morgan fingerprint density at radius 2 is 1.64 bits per heavy atom. The summed E-state index contributed by atoms with van der Waals surface area (Å²) in [7, 11) is 0. The number of carbonyl (C=O) groups is 1. The van der Waals surface area contributed by atoms with Gasteiger partial charge in [0.25, 0.3) is 0 Å². The fourth-order valence-electron chi connectivity index (χ4n) is 3.96. The molecule has 0 radical (unpaired) electrons. The van der Waals surface area contributed by atoms with E-state index in [1.54, 1.807) is 6.92 Å². The van der Waals surface area contributed by atoms with Crippen molar-refractivity contribution < 1.29 is 18.7 Å². The lowest BCUT2D eigenvalue weighted by atomic mass is 9.98. The van der Waals surface area contributed by atoms with Gasteiger partial charge < -0.3 is 13.9 Å². The molecule has 0 spiro atoms. The van der Waals surface area contributed by atoms with Crippen LogP contribution in [-0.4, -0.2) is 12.6 Å². The van der Waals surface area contributed by atoms with Crippen LogP contribution in [0, 0.1) is 13.8 Å². The highest BCUT2D eigenvalue weighted by molar-refractivity contribution is 5.89. The largest absolute Gasteiger partial charge is 0.473 e. The Morgan fingerprint density at radius 1 is 0.970 bits per heavy atom. The zero-order valence-corrected chi connectivity index (χ0v) is 19.0. The van der Waals surface area contributed by atoms with Crippen molar-refractivity contribution in [2.45, 2.75) is 33.3 Å². The van der Waals surface area contributed by atoms with E-state index in [-0.39, 0.29) is 12.2 Å². The molecule has 5 nitrogen and oxygen atoms in total. The van der Waals surface area contributed by atoms with Crippen molar-refractivity contribution >= 4 is 16.9 Å². The van der Waals surface area contributed by atoms with Crippen molar-refractivity contribution in [1.29, 1.82) is 0 Å². The molecule has 0 aliphatic heterocycles. The molecule has 0 fully saturated rings. The van der Waals surface area contributed by atoms with Gasteiger partial charge in [0.1, 0.15) is 11.3 Å². The van der Waals surface area contributed by atoms with Gasteiger partial charge in [-0.25, -0.2) is 9.59 Å². The third-order valence-corrected chi connectivity index (χ3v) is 5.56. The Morgan fingerprint density at radius 3 is 2.30 bits per heavy atom. The molecule has 1 atom stereocenters. The van der Waals surface area contributed by atoms with Crippen LogP contribution in [0.5, 0.6) is 5.75 Å². The van der Waals surface area contributed by atoms with E-state index >= 15 is 0 Å². The quantitative estimate of drug-likeness (QED) is 0.272. The van der Waals surface area contributed by atoms with Crippen LogP contribution in [0.1, 0.15) is 40.8 Å². The lowest BCUT2D eigenvalue weighted by molar-refractivity contribution is -0.151. The standard InChI is InChI=1S/C28H26O5/c1-4-31-28(30)26(21-13-9-6-10-14-21)32-23-15-18(2)16-24-25(23)19(3)22(27(29)33-24)17-20-11-7-5-8-12-20/h5-16,26H,4,17H2,1-3H3/t26-/m1/s1. The fourth-order valence-corrected chi connectivity index (χ4v) is 3.96. The van der Waals surface area contributed by atoms with Crippen molar-refractivity contribution in [3.8, 4) is 5.75 Å². The van der Waals surface area contributed by atoms with Crippen molar-refractivity contribution in [2.24, 2.45) is 0 Å². The molecule has 5 heteroatoms. The van der Waals surface area contributed by atoms with E-state index in [1.165, 1.54) is 0 Å². The van der Waals surface area contributed by atoms with Gasteiger partial charge in [-0.1, -0.05) is 60.7 Å². The van der Waals surface area contributed by atoms with E-state index in [0.29, 0.717) is 34.3 Å². The van der Waals surface area contributed by atoms with Gasteiger partial charge in [0.05, 0.1) is 12.0 Å². The third kappa shape index (κ3) is 4.82. The number of carbonyl (C=O) groups excluding carboxylic acids is 1. The van der Waals surface area contributed by atoms with E-state index in [4.69, 9.17) is 13.9 Å². The van der Waals surface area contributed by atoms with Gasteiger partial charge in [0.15, 0.2) is 0 Å². The topological polar surface area (TPSA) is 65.7 Å². The molecule has 1 heterocycles. The van der Waals surface area contributed by atoms with Crippen LogP contribution in [0.2, 0.25) is 0 Å². The summed E-state index contributed by atoms with van der Waals surface area (Å²) in [4.78, 5) is 25.6. The molecule has 0 saturated carbocycles. The second kappa shape index (κ2) is 9.74. The van der Waals surface area contributed by atoms with Crippen LogP contribution in [0.3, 0.4) is 0 Å². The lowest BCUT2D eigenvalue weighted by Crippen LogP contribution is -2.22. The molecular formula is C28H26O5. The first-order chi connectivity index (χ1) is 16.0. The SMILES string of the molecule is CCOC(=O)[C@H](Oc1cc(C)cc2oc(=O)c(Cc3ccccc3)c(C)c12)c1ccccc1. The minimum absolute atomic E-state index is 0.245. The number of benzene rings is 3. The second-order valence-corrected chi connectivity index (χ2v) is 7.95. The summed E-state index contributed by atoms with van der Waals surface area (Å²) in [6.45, 7) is 5.79. The molecule has 1 aromatic heterocycles. The van der Waals surface area contributed by atoms with Crippen LogP contribution < -0.4 is 10.4 Å². The summed E-state index contributed by atoms with van der Waals surface area (Å²) < 4.78 is 17.3. The molecule has 168 valence electrons. The van der Waals surface area contributed by atoms with Crippen LogP contribution in [-0.2, 0) is 16.0 Å². The van der Waals surface area contributed by atoms with E-state index in [9.17, 15) is 9.59 Å². The van der Waals surface area contributed by atoms with Crippen LogP contribution in [0.15, 0.2) is 82.0 Å². The molecule has 0 aliphatic carbocycles. The number of hydrogen-bond acceptors (Lipinski definition) is 5. The molecule has 0 saturated heterocycles. The Kier molecular flexibility index (Phi) is 6.59. The summed E-state index contributed by atoms with van der Waals surface area (Å²) in [6, 6.07) is 22.7. The monoisotopic (exact) mass is 442 g/mol. The molecule has 4 rings (SSSR count). The molecule has 0 amide bonds. The molecule has 0 N–H and O–H groups in total. The summed E-state index contributed by atoms with van der Waals surface area (Å²) in [5.74, 6) is 0.000342. The van der Waals surface area contributed by atoms with Gasteiger partial charge in [-0.05, 0) is 49.6 Å². The highest BCUT2D eigenvalue weighted by Crippen LogP contribution is 2.35. The smallest absolute Gasteiger partial charge is 0.352 e. The average Bonchev–Trinajstić information content (AvgIpc) is 2.81. The molecule has 0 unspecified atom stereocenters. The maximum Gasteiger partial charge on any atom is 0.352 e. The minimum Gasteiger partial charge on any atom is -0.473 e. The maximum absolute atomic E-state index is 12.8. The average molecular weight is 443 g/mol. The van der Waals surface area contributed by atoms with Gasteiger partial charge in [-0.3, -0.25) is 0 Å². The first-order valence-corrected chi connectivity index (χ1v) is 11.0. The minimum atomic E-state index is -0.944. The number of aryl methyl sites for hydroxylation is 2. The maximum atomic E-state index is 12.8. The van der Waals surface area contributed by atoms with E-state index in [0.717, 1.165) is 16.7 Å². The van der Waals surface area contributed by atoms with Gasteiger partial charge in [0.2, 0.25) is 6.10 Å². The predicted octanol–water partition coefficient (Wildman–Crippen LogP) is 5.68. The highest BCUT2D eigenvalue weighted by atomic mass is 16.6. The Labute approximate surface area is 192 Å². The Bertz CT molecular complexity index is 1320. The first-order valence-electron chi connectivity index (χ1n) is 11.0. The third-order valence-electron chi connectivity index (χ3n) is 5.56. The number of esters is 1. The normalized spacial score (nSPS) is 11.8. The summed E-state index contributed by atoms with van der Waals surface area (Å²) in [5, 5.41) is 0.677. The molecule has 4 aromatic rings. The Balaban J connectivity index is 1.84. The van der Waals surface area contributed by atoms with E-state index < -0.39 is 12.1 Å². The van der Waals surface area contributed by atoms with Crippen molar-refractivity contribution in [2.75, 3.05) is 6.61 Å². The van der Waals surface area contributed by atoms with Gasteiger partial charge in [-0.2, -0.15) is 0 Å². The first kappa shape index (κ1) is 22.3. The van der Waals surface area contributed by atoms with Crippen LogP contribution in [0.4, 0.5) is 0 Å². The number of ether oxygens (including phenoxy) is 2. The van der Waals surface area contributed by atoms with Gasteiger partial charge in [-0.15, -0.1) is 0 Å². The zero-order chi connectivity index (χ0) is 23.4. The predicted molar refractivity (Wildman–Crippen MR) is 128 cm³/mol. The van der Waals surface area contributed by atoms with Crippen LogP contribution >= 0.6 is 0 Å². The van der Waals surface area contributed by atoms with Gasteiger partial charge in [0, 0.05) is 17.5 Å². The van der Waals surface area contributed by atoms with E-state index in [1.807, 2.05) is 86.6 Å². The Hall–Kier alpha value is -3.86. The van der Waals surface area contributed by atoms with Crippen molar-refractivity contribution in [3.63, 3.8) is 0 Å². The highest BCUT2D eigenvalue weighted by Gasteiger charge is 2.26. The number of rotatable bonds is 7. The molecular weight excluding hydrogens is 416 g/mol. The molecule has 0 bridgehead atoms. The van der Waals surface area contributed by atoms with Gasteiger partial charge >= 0.3 is 11.6 Å². The molecule has 0 aliphatic rings. The molecule has 33 heavy (non-hydrogen) atoms. The van der Waals surface area contributed by atoms with Crippen LogP contribution in [0.25, 0.3) is 11.0 Å². The van der Waals surface area contributed by atoms with E-state index in [2.05, 4.69) is 0 Å². The molecule has 3 aromatic carbocycles. The fraction of sp³-hybridized carbons (Fsp3) is 0.214. The summed E-state index contributed by atoms with van der Waals surface area (Å²) >= 11 is 0. The second-order valence-electron chi connectivity index (χ2n) is 7.95. The summed E-state index contributed by atoms with van der Waals surface area (Å²) in [6.07, 6.45) is -0.502. The zero-order valence-electron chi connectivity index (χ0n) is 19.0. The number of hydrogen-bond donors (Lipinski definition) is 0. The van der Waals surface area contributed by atoms with Crippen molar-refractivity contribution in [1.82, 2.24) is 0 Å². The van der Waals surface area contributed by atoms with Crippen molar-refractivity contribution in [3.05, 3.63) is 111 Å². The lowest BCUT2D eigenvalue weighted by Gasteiger charge is -2.20. The number of fused-ring (bicyclic) bond motifs is 1. The summed E-state index contributed by atoms with van der Waals surface area (Å²) in [5.41, 5.74) is 3.95.